The van der Waals surface area contributed by atoms with E-state index in [-0.39, 0.29) is 0 Å². The first kappa shape index (κ1) is 9.20. The van der Waals surface area contributed by atoms with E-state index in [9.17, 15) is 4.79 Å². The molecule has 1 saturated heterocycles. The fourth-order valence-electron chi connectivity index (χ4n) is 4.58. The zero-order chi connectivity index (χ0) is 10.7. The average molecular weight is 219 g/mol. The number of hydrogen-bond donors (Lipinski definition) is 1. The highest BCUT2D eigenvalue weighted by Crippen LogP contribution is 2.51. The van der Waals surface area contributed by atoms with Gasteiger partial charge in [-0.2, -0.15) is 0 Å². The van der Waals surface area contributed by atoms with Crippen molar-refractivity contribution >= 4 is 11.6 Å². The zero-order valence-corrected chi connectivity index (χ0v) is 9.61. The predicted molar refractivity (Wildman–Crippen MR) is 60.0 cm³/mol. The molecule has 0 radical (unpaired) electrons. The van der Waals surface area contributed by atoms with Crippen molar-refractivity contribution in [1.29, 1.82) is 0 Å². The number of hydrogen-bond acceptors (Lipinski definition) is 1. The number of nitrogens with one attached hydrogen (secondary N) is 1. The molecule has 3 saturated carbocycles. The van der Waals surface area contributed by atoms with Gasteiger partial charge < -0.3 is 0 Å². The van der Waals surface area contributed by atoms with Gasteiger partial charge in [0.05, 0.1) is 0 Å². The van der Waals surface area contributed by atoms with Gasteiger partial charge in [0, 0.05) is 18.8 Å². The molecule has 16 heavy (non-hydrogen) atoms. The molecule has 3 heteroatoms. The van der Waals surface area contributed by atoms with Gasteiger partial charge in [0.25, 0.3) is 5.91 Å². The van der Waals surface area contributed by atoms with E-state index in [4.69, 9.17) is 0 Å². The third-order valence-corrected chi connectivity index (χ3v) is 5.23. The van der Waals surface area contributed by atoms with E-state index >= 15 is 0 Å². The molecule has 4 fully saturated rings. The van der Waals surface area contributed by atoms with Crippen LogP contribution in [0.15, 0.2) is 0 Å². The third-order valence-electron chi connectivity index (χ3n) is 5.23. The molecule has 0 aromatic carbocycles. The Morgan fingerprint density at radius 1 is 1.12 bits per heavy atom. The van der Waals surface area contributed by atoms with Crippen LogP contribution in [0.2, 0.25) is 0 Å². The van der Waals surface area contributed by atoms with E-state index in [0.717, 1.165) is 5.92 Å². The summed E-state index contributed by atoms with van der Waals surface area (Å²) in [7, 11) is 0. The maximum Gasteiger partial charge on any atom is 0.284 e. The summed E-state index contributed by atoms with van der Waals surface area (Å²) >= 11 is 0. The quantitative estimate of drug-likeness (QED) is 0.615. The molecule has 4 atom stereocenters. The molecule has 0 spiro atoms. The Morgan fingerprint density at radius 2 is 1.88 bits per heavy atom. The van der Waals surface area contributed by atoms with Crippen LogP contribution in [0.3, 0.4) is 0 Å². The molecule has 2 bridgehead atoms. The zero-order valence-electron chi connectivity index (χ0n) is 9.61. The first-order chi connectivity index (χ1) is 7.84. The van der Waals surface area contributed by atoms with E-state index in [1.54, 1.807) is 0 Å². The minimum atomic E-state index is 0.316. The summed E-state index contributed by atoms with van der Waals surface area (Å²) in [6.45, 7) is 0. The molecule has 1 aliphatic heterocycles. The van der Waals surface area contributed by atoms with E-state index < -0.39 is 0 Å². The van der Waals surface area contributed by atoms with Gasteiger partial charge in [0.1, 0.15) is 5.92 Å². The summed E-state index contributed by atoms with van der Waals surface area (Å²) in [5.41, 5.74) is 4.66. The maximum atomic E-state index is 12.0. The molecule has 1 N–H and O–H groups in total. The summed E-state index contributed by atoms with van der Waals surface area (Å²) < 4.78 is 2.30. The van der Waals surface area contributed by atoms with Crippen molar-refractivity contribution in [3.05, 3.63) is 0 Å². The first-order valence-electron chi connectivity index (χ1n) is 6.79. The van der Waals surface area contributed by atoms with Gasteiger partial charge in [0.2, 0.25) is 0 Å². The molecule has 3 nitrogen and oxygen atoms in total. The fourth-order valence-corrected chi connectivity index (χ4v) is 4.58. The molecular weight excluding hydrogens is 200 g/mol. The fraction of sp³-hybridized carbons (Fsp3) is 0.846. The van der Waals surface area contributed by atoms with Crippen LogP contribution in [0, 0.1) is 17.8 Å². The van der Waals surface area contributed by atoms with Crippen LogP contribution in [0.5, 0.6) is 0 Å². The number of fused-ring (bicyclic) bond motifs is 5. The Bertz CT molecular complexity index is 379. The second-order valence-corrected chi connectivity index (χ2v) is 5.97. The highest BCUT2D eigenvalue weighted by Gasteiger charge is 2.62. The summed E-state index contributed by atoms with van der Waals surface area (Å²) in [4.78, 5) is 12.0. The van der Waals surface area contributed by atoms with Crippen LogP contribution in [0.1, 0.15) is 44.9 Å². The minimum absolute atomic E-state index is 0.316. The molecule has 4 rings (SSSR count). The Balaban J connectivity index is 1.76. The molecule has 0 aromatic heterocycles. The van der Waals surface area contributed by atoms with Gasteiger partial charge in [-0.15, -0.1) is 10.1 Å². The van der Waals surface area contributed by atoms with Gasteiger partial charge >= 0.3 is 0 Å². The number of carbonyl (C=O) groups is 1. The third kappa shape index (κ3) is 1.04. The largest absolute Gasteiger partial charge is 0.284 e. The van der Waals surface area contributed by atoms with Crippen LogP contribution in [-0.2, 0) is 4.79 Å². The molecule has 1 amide bonds. The van der Waals surface area contributed by atoms with Crippen molar-refractivity contribution in [1.82, 2.24) is 5.43 Å². The van der Waals surface area contributed by atoms with Gasteiger partial charge in [0.15, 0.2) is 11.8 Å². The lowest BCUT2D eigenvalue weighted by atomic mass is 9.85. The highest BCUT2D eigenvalue weighted by molar-refractivity contribution is 5.85. The molecule has 4 unspecified atom stereocenters. The van der Waals surface area contributed by atoms with E-state index in [1.165, 1.54) is 50.7 Å². The molecule has 3 aliphatic carbocycles. The smallest absolute Gasteiger partial charge is 0.269 e. The monoisotopic (exact) mass is 219 g/mol. The normalized spacial score (nSPS) is 45.4. The Morgan fingerprint density at radius 3 is 2.69 bits per heavy atom. The van der Waals surface area contributed by atoms with Crippen LogP contribution < -0.4 is 5.43 Å². The predicted octanol–water partition coefficient (Wildman–Crippen LogP) is 1.47. The van der Waals surface area contributed by atoms with Crippen molar-refractivity contribution < 1.29 is 9.48 Å². The molecule has 4 aliphatic rings. The Hall–Kier alpha value is -0.860. The van der Waals surface area contributed by atoms with Gasteiger partial charge in [-0.25, -0.2) is 0 Å². The van der Waals surface area contributed by atoms with Gasteiger partial charge in [-0.3, -0.25) is 4.79 Å². The van der Waals surface area contributed by atoms with Crippen LogP contribution in [-0.4, -0.2) is 22.3 Å². The highest BCUT2D eigenvalue weighted by atomic mass is 16.2. The SMILES string of the molecule is O=C1N[N+](=C2CCCC2)C2C3CCC(C3)C12. The van der Waals surface area contributed by atoms with Crippen molar-refractivity contribution in [2.45, 2.75) is 51.0 Å². The number of hydrazone groups is 1. The first-order valence-corrected chi connectivity index (χ1v) is 6.79. The Kier molecular flexibility index (Phi) is 1.77. The Labute approximate surface area is 95.9 Å². The lowest BCUT2D eigenvalue weighted by molar-refractivity contribution is -0.604. The number of rotatable bonds is 0. The van der Waals surface area contributed by atoms with Gasteiger partial charge in [-0.05, 0) is 38.0 Å². The van der Waals surface area contributed by atoms with Crippen molar-refractivity contribution in [3.63, 3.8) is 0 Å². The maximum absolute atomic E-state index is 12.0. The van der Waals surface area contributed by atoms with E-state index in [2.05, 4.69) is 10.1 Å². The summed E-state index contributed by atoms with van der Waals surface area (Å²) in [5, 5.41) is 0. The number of carbonyl (C=O) groups excluding carboxylic acids is 1. The lowest BCUT2D eigenvalue weighted by Gasteiger charge is -2.17. The topological polar surface area (TPSA) is 32.1 Å². The second kappa shape index (κ2) is 3.08. The number of amides is 1. The van der Waals surface area contributed by atoms with Crippen molar-refractivity contribution in [2.75, 3.05) is 0 Å². The number of hydrazine groups is 1. The molecule has 0 aromatic rings. The summed E-state index contributed by atoms with van der Waals surface area (Å²) in [5.74, 6) is 2.13. The summed E-state index contributed by atoms with van der Waals surface area (Å²) in [6.07, 6.45) is 9.00. The summed E-state index contributed by atoms with van der Waals surface area (Å²) in [6, 6.07) is 0.527. The molecule has 86 valence electrons. The molecular formula is C13H19N2O+. The standard InChI is InChI=1S/C13H18N2O/c16-13-11-8-5-6-9(7-8)12(11)15(14-13)10-3-1-2-4-10/h8-9,11-12H,1-7H2/p+1. The lowest BCUT2D eigenvalue weighted by Crippen LogP contribution is -2.37. The average Bonchev–Trinajstić information content (AvgIpc) is 2.99. The van der Waals surface area contributed by atoms with Crippen molar-refractivity contribution in [2.24, 2.45) is 17.8 Å². The minimum Gasteiger partial charge on any atom is -0.269 e. The van der Waals surface area contributed by atoms with Crippen molar-refractivity contribution in [3.8, 4) is 0 Å². The van der Waals surface area contributed by atoms with Crippen LogP contribution >= 0.6 is 0 Å². The number of nitrogens with zero attached hydrogens (tertiary/aromatic N) is 1. The van der Waals surface area contributed by atoms with Gasteiger partial charge in [-0.1, -0.05) is 0 Å². The second-order valence-electron chi connectivity index (χ2n) is 5.97. The molecule has 1 heterocycles. The van der Waals surface area contributed by atoms with Crippen LogP contribution in [0.4, 0.5) is 0 Å². The van der Waals surface area contributed by atoms with E-state index in [1.807, 2.05) is 0 Å². The van der Waals surface area contributed by atoms with Crippen LogP contribution in [0.25, 0.3) is 0 Å². The van der Waals surface area contributed by atoms with E-state index in [0.29, 0.717) is 23.8 Å².